The average Bonchev–Trinajstić information content (AvgIpc) is 2.68. The fourth-order valence-electron chi connectivity index (χ4n) is 3.42. The third-order valence-electron chi connectivity index (χ3n) is 5.03. The van der Waals surface area contributed by atoms with Crippen LogP contribution in [0, 0.1) is 6.92 Å². The maximum atomic E-state index is 12.5. The Bertz CT molecular complexity index is 759. The van der Waals surface area contributed by atoms with Gasteiger partial charge in [-0.05, 0) is 62.2 Å². The number of nitrogens with zero attached hydrogens (tertiary/aromatic N) is 1. The van der Waals surface area contributed by atoms with Gasteiger partial charge in [0.15, 0.2) is 0 Å². The molecule has 144 valence electrons. The van der Waals surface area contributed by atoms with Gasteiger partial charge in [0.25, 0.3) is 5.91 Å². The highest BCUT2D eigenvalue weighted by Gasteiger charge is 2.21. The lowest BCUT2D eigenvalue weighted by atomic mass is 10.0. The second-order valence-electron chi connectivity index (χ2n) is 7.04. The van der Waals surface area contributed by atoms with E-state index in [4.69, 9.17) is 11.6 Å². The summed E-state index contributed by atoms with van der Waals surface area (Å²) in [6, 6.07) is 16.1. The molecule has 0 spiro atoms. The molecule has 0 aromatic heterocycles. The van der Waals surface area contributed by atoms with Gasteiger partial charge in [0.05, 0.1) is 5.02 Å². The van der Waals surface area contributed by atoms with Crippen LogP contribution in [0.1, 0.15) is 35.2 Å². The van der Waals surface area contributed by atoms with Crippen LogP contribution < -0.4 is 5.32 Å². The summed E-state index contributed by atoms with van der Waals surface area (Å²) in [5.74, 6) is 1.14. The monoisotopic (exact) mass is 402 g/mol. The smallest absolute Gasteiger partial charge is 0.251 e. The summed E-state index contributed by atoms with van der Waals surface area (Å²) in [6.07, 6.45) is 3.20. The van der Waals surface area contributed by atoms with Crippen LogP contribution in [-0.2, 0) is 0 Å². The Kier molecular flexibility index (Phi) is 7.62. The van der Waals surface area contributed by atoms with Gasteiger partial charge in [0.1, 0.15) is 0 Å². The minimum Gasteiger partial charge on any atom is -0.349 e. The predicted octanol–water partition coefficient (Wildman–Crippen LogP) is 5.03. The second kappa shape index (κ2) is 10.2. The van der Waals surface area contributed by atoms with Gasteiger partial charge >= 0.3 is 0 Å². The summed E-state index contributed by atoms with van der Waals surface area (Å²) in [5, 5.41) is 4.05. The van der Waals surface area contributed by atoms with Gasteiger partial charge in [-0.25, -0.2) is 0 Å². The number of hydrogen-bond donors (Lipinski definition) is 1. The molecule has 0 saturated carbocycles. The van der Waals surface area contributed by atoms with E-state index in [9.17, 15) is 4.79 Å². The van der Waals surface area contributed by atoms with Crippen molar-refractivity contribution in [2.45, 2.75) is 37.1 Å². The van der Waals surface area contributed by atoms with Gasteiger partial charge in [-0.1, -0.05) is 41.9 Å². The van der Waals surface area contributed by atoms with E-state index < -0.39 is 0 Å². The minimum absolute atomic E-state index is 0.0580. The first kappa shape index (κ1) is 20.2. The molecule has 1 amide bonds. The van der Waals surface area contributed by atoms with Crippen molar-refractivity contribution in [1.29, 1.82) is 0 Å². The van der Waals surface area contributed by atoms with Crippen LogP contribution >= 0.6 is 23.4 Å². The van der Waals surface area contributed by atoms with E-state index in [1.165, 1.54) is 0 Å². The largest absolute Gasteiger partial charge is 0.349 e. The summed E-state index contributed by atoms with van der Waals surface area (Å²) < 4.78 is 0. The Labute approximate surface area is 171 Å². The van der Waals surface area contributed by atoms with Crippen molar-refractivity contribution in [3.05, 3.63) is 64.7 Å². The quantitative estimate of drug-likeness (QED) is 0.521. The molecule has 3 rings (SSSR count). The number of benzene rings is 2. The highest BCUT2D eigenvalue weighted by atomic mass is 35.5. The summed E-state index contributed by atoms with van der Waals surface area (Å²) in [6.45, 7) is 5.19. The topological polar surface area (TPSA) is 32.3 Å². The number of carbonyl (C=O) groups is 1. The summed E-state index contributed by atoms with van der Waals surface area (Å²) in [7, 11) is 0. The van der Waals surface area contributed by atoms with E-state index in [2.05, 4.69) is 16.3 Å². The molecular formula is C22H27ClN2OS. The molecule has 0 bridgehead atoms. The van der Waals surface area contributed by atoms with Crippen molar-refractivity contribution in [3.8, 4) is 0 Å². The molecule has 1 aliphatic heterocycles. The summed E-state index contributed by atoms with van der Waals surface area (Å²) in [5.41, 5.74) is 1.82. The van der Waals surface area contributed by atoms with Gasteiger partial charge in [0, 0.05) is 29.6 Å². The molecule has 27 heavy (non-hydrogen) atoms. The van der Waals surface area contributed by atoms with Gasteiger partial charge in [-0.15, -0.1) is 11.8 Å². The van der Waals surface area contributed by atoms with Gasteiger partial charge < -0.3 is 10.2 Å². The number of likely N-dealkylation sites (tertiary alicyclic amines) is 1. The molecule has 1 N–H and O–H groups in total. The Hall–Kier alpha value is -1.49. The van der Waals surface area contributed by atoms with Crippen molar-refractivity contribution in [3.63, 3.8) is 0 Å². The molecule has 2 aromatic carbocycles. The molecule has 3 nitrogen and oxygen atoms in total. The van der Waals surface area contributed by atoms with E-state index in [-0.39, 0.29) is 11.9 Å². The number of amides is 1. The molecule has 1 saturated heterocycles. The van der Waals surface area contributed by atoms with Crippen molar-refractivity contribution in [1.82, 2.24) is 10.2 Å². The lowest BCUT2D eigenvalue weighted by molar-refractivity contribution is 0.0910. The zero-order valence-electron chi connectivity index (χ0n) is 15.8. The first-order chi connectivity index (χ1) is 13.1. The zero-order valence-corrected chi connectivity index (χ0v) is 17.4. The molecule has 1 fully saturated rings. The fourth-order valence-corrected chi connectivity index (χ4v) is 4.60. The highest BCUT2D eigenvalue weighted by molar-refractivity contribution is 7.99. The SMILES string of the molecule is Cc1ccccc1C(=O)NC1CCN(CCCSc2ccccc2Cl)CC1. The fraction of sp³-hybridized carbons (Fsp3) is 0.409. The van der Waals surface area contributed by atoms with E-state index in [0.717, 1.165) is 65.7 Å². The third-order valence-corrected chi connectivity index (χ3v) is 6.63. The summed E-state index contributed by atoms with van der Waals surface area (Å²) >= 11 is 8.03. The molecule has 1 aliphatic rings. The van der Waals surface area contributed by atoms with Crippen molar-refractivity contribution in [2.75, 3.05) is 25.4 Å². The average molecular weight is 403 g/mol. The molecule has 0 aliphatic carbocycles. The number of hydrogen-bond acceptors (Lipinski definition) is 3. The normalized spacial score (nSPS) is 15.6. The van der Waals surface area contributed by atoms with Crippen molar-refractivity contribution < 1.29 is 4.79 Å². The van der Waals surface area contributed by atoms with Gasteiger partial charge in [-0.2, -0.15) is 0 Å². The maximum absolute atomic E-state index is 12.5. The van der Waals surface area contributed by atoms with E-state index in [1.807, 2.05) is 61.2 Å². The number of thioether (sulfide) groups is 1. The molecule has 0 unspecified atom stereocenters. The van der Waals surface area contributed by atoms with Crippen LogP contribution in [0.3, 0.4) is 0 Å². The van der Waals surface area contributed by atoms with Crippen LogP contribution in [0.15, 0.2) is 53.4 Å². The minimum atomic E-state index is 0.0580. The standard InChI is InChI=1S/C22H27ClN2OS/c1-17-7-2-3-8-19(17)22(26)24-18-11-14-25(15-12-18)13-6-16-27-21-10-5-4-9-20(21)23/h2-5,7-10,18H,6,11-16H2,1H3,(H,24,26). The van der Waals surface area contributed by atoms with Gasteiger partial charge in [-0.3, -0.25) is 4.79 Å². The molecule has 0 atom stereocenters. The Morgan fingerprint density at radius 3 is 2.59 bits per heavy atom. The predicted molar refractivity (Wildman–Crippen MR) is 115 cm³/mol. The number of carbonyl (C=O) groups excluding carboxylic acids is 1. The lowest BCUT2D eigenvalue weighted by Crippen LogP contribution is -2.45. The van der Waals surface area contributed by atoms with E-state index >= 15 is 0 Å². The Morgan fingerprint density at radius 1 is 1.15 bits per heavy atom. The second-order valence-corrected chi connectivity index (χ2v) is 8.58. The van der Waals surface area contributed by atoms with Crippen LogP contribution in [-0.4, -0.2) is 42.2 Å². The zero-order chi connectivity index (χ0) is 19.1. The van der Waals surface area contributed by atoms with Crippen LogP contribution in [0.5, 0.6) is 0 Å². The number of piperidine rings is 1. The van der Waals surface area contributed by atoms with Crippen LogP contribution in [0.25, 0.3) is 0 Å². The Balaban J connectivity index is 1.35. The molecule has 1 heterocycles. The highest BCUT2D eigenvalue weighted by Crippen LogP contribution is 2.27. The molecular weight excluding hydrogens is 376 g/mol. The van der Waals surface area contributed by atoms with Crippen molar-refractivity contribution in [2.24, 2.45) is 0 Å². The number of aryl methyl sites for hydroxylation is 1. The maximum Gasteiger partial charge on any atom is 0.251 e. The van der Waals surface area contributed by atoms with Gasteiger partial charge in [0.2, 0.25) is 0 Å². The molecule has 5 heteroatoms. The van der Waals surface area contributed by atoms with E-state index in [1.54, 1.807) is 0 Å². The van der Waals surface area contributed by atoms with Crippen LogP contribution in [0.2, 0.25) is 5.02 Å². The number of nitrogens with one attached hydrogen (secondary N) is 1. The first-order valence-corrected chi connectivity index (χ1v) is 11.0. The number of halogens is 1. The molecule has 0 radical (unpaired) electrons. The van der Waals surface area contributed by atoms with E-state index in [0.29, 0.717) is 0 Å². The first-order valence-electron chi connectivity index (χ1n) is 9.59. The van der Waals surface area contributed by atoms with Crippen LogP contribution in [0.4, 0.5) is 0 Å². The Morgan fingerprint density at radius 2 is 1.85 bits per heavy atom. The molecule has 2 aromatic rings. The summed E-state index contributed by atoms with van der Waals surface area (Å²) in [4.78, 5) is 16.1. The third kappa shape index (κ3) is 6.00. The lowest BCUT2D eigenvalue weighted by Gasteiger charge is -2.32. The number of rotatable bonds is 7. The van der Waals surface area contributed by atoms with Crippen molar-refractivity contribution >= 4 is 29.3 Å².